The highest BCUT2D eigenvalue weighted by molar-refractivity contribution is 6.39. The lowest BCUT2D eigenvalue weighted by Gasteiger charge is -2.36. The molecule has 0 atom stereocenters. The quantitative estimate of drug-likeness (QED) is 0.648. The second kappa shape index (κ2) is 10.6. The molecule has 2 fully saturated rings. The summed E-state index contributed by atoms with van der Waals surface area (Å²) in [7, 11) is 0. The molecule has 4 heterocycles. The van der Waals surface area contributed by atoms with Gasteiger partial charge in [0.15, 0.2) is 0 Å². The molecular weight excluding hydrogens is 498 g/mol. The van der Waals surface area contributed by atoms with Crippen molar-refractivity contribution >= 4 is 40.8 Å². The molecule has 37 heavy (non-hydrogen) atoms. The molecule has 0 radical (unpaired) electrons. The number of nitriles is 1. The summed E-state index contributed by atoms with van der Waals surface area (Å²) >= 11 is 6.26. The van der Waals surface area contributed by atoms with Crippen LogP contribution in [0.3, 0.4) is 0 Å². The molecule has 1 aromatic carbocycles. The summed E-state index contributed by atoms with van der Waals surface area (Å²) in [6.07, 6.45) is 2.64. The van der Waals surface area contributed by atoms with Crippen LogP contribution in [0.2, 0.25) is 5.02 Å². The Balaban J connectivity index is 1.08. The maximum Gasteiger partial charge on any atom is 0.430 e. The number of piperazine rings is 1. The van der Waals surface area contributed by atoms with Gasteiger partial charge in [-0.05, 0) is 30.3 Å². The SMILES string of the molecule is N#Cc1cccc(NC(=O)ON2CCC3(CC2)CC(C(=O)N2CCN(c4ncccc4Cl)CC2)=NO3)c1. The number of hydrogen-bond donors (Lipinski definition) is 1. The van der Waals surface area contributed by atoms with Crippen molar-refractivity contribution in [2.75, 3.05) is 49.5 Å². The number of carbonyl (C=O) groups is 2. The van der Waals surface area contributed by atoms with Crippen LogP contribution in [0.15, 0.2) is 47.8 Å². The van der Waals surface area contributed by atoms with Crippen molar-refractivity contribution in [1.82, 2.24) is 14.9 Å². The van der Waals surface area contributed by atoms with Crippen LogP contribution in [-0.4, -0.2) is 77.5 Å². The molecule has 2 aromatic rings. The van der Waals surface area contributed by atoms with E-state index in [1.54, 1.807) is 46.5 Å². The van der Waals surface area contributed by atoms with Gasteiger partial charge in [0.2, 0.25) is 0 Å². The van der Waals surface area contributed by atoms with Gasteiger partial charge in [0.05, 0.1) is 16.7 Å². The van der Waals surface area contributed by atoms with Crippen LogP contribution in [0.25, 0.3) is 0 Å². The number of amides is 2. The first-order chi connectivity index (χ1) is 17.9. The number of rotatable bonds is 4. The summed E-state index contributed by atoms with van der Waals surface area (Å²) in [6.45, 7) is 3.27. The number of hydrogen-bond acceptors (Lipinski definition) is 9. The fraction of sp³-hybridized carbons (Fsp3) is 0.400. The van der Waals surface area contributed by atoms with E-state index >= 15 is 0 Å². The molecule has 3 aliphatic heterocycles. The van der Waals surface area contributed by atoms with E-state index in [0.717, 1.165) is 5.82 Å². The molecule has 11 nitrogen and oxygen atoms in total. The topological polar surface area (TPSA) is 123 Å². The van der Waals surface area contributed by atoms with Gasteiger partial charge in [0, 0.05) is 70.4 Å². The number of nitrogens with one attached hydrogen (secondary N) is 1. The summed E-state index contributed by atoms with van der Waals surface area (Å²) in [5.41, 5.74) is 0.790. The Bertz CT molecular complexity index is 1250. The summed E-state index contributed by atoms with van der Waals surface area (Å²) in [5.74, 6) is 0.622. The van der Waals surface area contributed by atoms with Crippen molar-refractivity contribution in [3.63, 3.8) is 0 Å². The van der Waals surface area contributed by atoms with Gasteiger partial charge < -0.3 is 19.5 Å². The van der Waals surface area contributed by atoms with Crippen molar-refractivity contribution in [1.29, 1.82) is 5.26 Å². The van der Waals surface area contributed by atoms with Crippen molar-refractivity contribution in [3.05, 3.63) is 53.2 Å². The summed E-state index contributed by atoms with van der Waals surface area (Å²) < 4.78 is 0. The van der Waals surface area contributed by atoms with E-state index < -0.39 is 11.7 Å². The third-order valence-electron chi connectivity index (χ3n) is 6.78. The van der Waals surface area contributed by atoms with Crippen LogP contribution in [0.4, 0.5) is 16.3 Å². The van der Waals surface area contributed by atoms with Crippen LogP contribution >= 0.6 is 11.6 Å². The summed E-state index contributed by atoms with van der Waals surface area (Å²) in [5, 5.41) is 17.9. The number of halogens is 1. The Morgan fingerprint density at radius 2 is 1.89 bits per heavy atom. The molecule has 12 heteroatoms. The number of hydroxylamine groups is 2. The largest absolute Gasteiger partial charge is 0.430 e. The zero-order valence-corrected chi connectivity index (χ0v) is 20.9. The Kier molecular flexibility index (Phi) is 7.12. The number of oxime groups is 1. The zero-order valence-electron chi connectivity index (χ0n) is 20.1. The first kappa shape index (κ1) is 24.8. The van der Waals surface area contributed by atoms with Crippen LogP contribution in [0.5, 0.6) is 0 Å². The highest BCUT2D eigenvalue weighted by Gasteiger charge is 2.45. The first-order valence-electron chi connectivity index (χ1n) is 12.1. The van der Waals surface area contributed by atoms with Gasteiger partial charge in [-0.15, -0.1) is 5.06 Å². The Morgan fingerprint density at radius 3 is 2.62 bits per heavy atom. The highest BCUT2D eigenvalue weighted by Crippen LogP contribution is 2.35. The van der Waals surface area contributed by atoms with Gasteiger partial charge in [0.25, 0.3) is 5.91 Å². The molecule has 0 saturated carbocycles. The fourth-order valence-electron chi connectivity index (χ4n) is 4.73. The van der Waals surface area contributed by atoms with Gasteiger partial charge in [-0.3, -0.25) is 10.1 Å². The standard InChI is InChI=1S/C25H26ClN7O4/c26-20-5-2-8-28-22(20)31-11-13-32(14-12-31)23(34)21-16-25(37-30-21)6-9-33(10-7-25)36-24(35)29-19-4-1-3-18(15-19)17-27/h1-5,8,15H,6-7,9-14,16H2,(H,29,35). The van der Waals surface area contributed by atoms with Crippen molar-refractivity contribution in [3.8, 4) is 6.07 Å². The molecule has 1 aromatic heterocycles. The molecule has 2 amide bonds. The van der Waals surface area contributed by atoms with Crippen LogP contribution in [0.1, 0.15) is 24.8 Å². The number of nitrogens with zero attached hydrogens (tertiary/aromatic N) is 6. The molecule has 1 spiro atoms. The Labute approximate surface area is 219 Å². The van der Waals surface area contributed by atoms with Crippen molar-refractivity contribution in [2.45, 2.75) is 24.9 Å². The van der Waals surface area contributed by atoms with E-state index in [1.807, 2.05) is 12.1 Å². The van der Waals surface area contributed by atoms with E-state index in [1.165, 1.54) is 0 Å². The van der Waals surface area contributed by atoms with E-state index in [4.69, 9.17) is 26.5 Å². The van der Waals surface area contributed by atoms with Crippen molar-refractivity contribution in [2.24, 2.45) is 5.16 Å². The van der Waals surface area contributed by atoms with E-state index in [0.29, 0.717) is 80.5 Å². The average molecular weight is 524 g/mol. The molecule has 0 aliphatic carbocycles. The molecule has 0 unspecified atom stereocenters. The molecule has 0 bridgehead atoms. The molecule has 2 saturated heterocycles. The second-order valence-electron chi connectivity index (χ2n) is 9.20. The molecule has 192 valence electrons. The number of anilines is 2. The number of piperidine rings is 1. The Morgan fingerprint density at radius 1 is 1.11 bits per heavy atom. The predicted octanol–water partition coefficient (Wildman–Crippen LogP) is 3.03. The monoisotopic (exact) mass is 523 g/mol. The van der Waals surface area contributed by atoms with Gasteiger partial charge >= 0.3 is 6.09 Å². The van der Waals surface area contributed by atoms with Crippen LogP contribution in [-0.2, 0) is 14.5 Å². The minimum Gasteiger partial charge on any atom is -0.388 e. The van der Waals surface area contributed by atoms with Crippen LogP contribution < -0.4 is 10.2 Å². The highest BCUT2D eigenvalue weighted by atomic mass is 35.5. The molecule has 3 aliphatic rings. The number of aromatic nitrogens is 1. The van der Waals surface area contributed by atoms with E-state index in [9.17, 15) is 9.59 Å². The Hall–Kier alpha value is -3.88. The van der Waals surface area contributed by atoms with Gasteiger partial charge in [0.1, 0.15) is 17.1 Å². The van der Waals surface area contributed by atoms with Gasteiger partial charge in [-0.2, -0.15) is 5.26 Å². The third-order valence-corrected chi connectivity index (χ3v) is 7.07. The smallest absolute Gasteiger partial charge is 0.388 e. The lowest BCUT2D eigenvalue weighted by Crippen LogP contribution is -2.51. The number of benzene rings is 1. The van der Waals surface area contributed by atoms with Gasteiger partial charge in [-0.25, -0.2) is 9.78 Å². The zero-order chi connectivity index (χ0) is 25.8. The normalized spacial score (nSPS) is 19.1. The van der Waals surface area contributed by atoms with Crippen LogP contribution in [0, 0.1) is 11.3 Å². The minimum atomic E-state index is -0.628. The predicted molar refractivity (Wildman–Crippen MR) is 136 cm³/mol. The maximum absolute atomic E-state index is 13.1. The van der Waals surface area contributed by atoms with E-state index in [2.05, 4.69) is 20.4 Å². The second-order valence-corrected chi connectivity index (χ2v) is 9.61. The number of carbonyl (C=O) groups excluding carboxylic acids is 2. The molecular formula is C25H26ClN7O4. The average Bonchev–Trinajstić information content (AvgIpc) is 3.34. The van der Waals surface area contributed by atoms with Gasteiger partial charge in [-0.1, -0.05) is 22.8 Å². The first-order valence-corrected chi connectivity index (χ1v) is 12.5. The summed E-state index contributed by atoms with van der Waals surface area (Å²) in [4.78, 5) is 44.8. The third kappa shape index (κ3) is 5.60. The lowest BCUT2D eigenvalue weighted by molar-refractivity contribution is -0.154. The van der Waals surface area contributed by atoms with Crippen molar-refractivity contribution < 1.29 is 19.3 Å². The maximum atomic E-state index is 13.1. The fourth-order valence-corrected chi connectivity index (χ4v) is 4.97. The molecule has 5 rings (SSSR count). The number of pyridine rings is 1. The lowest BCUT2D eigenvalue weighted by atomic mass is 9.87. The minimum absolute atomic E-state index is 0.110. The van der Waals surface area contributed by atoms with E-state index in [-0.39, 0.29) is 5.91 Å². The summed E-state index contributed by atoms with van der Waals surface area (Å²) in [6, 6.07) is 12.2. The molecule has 1 N–H and O–H groups in total.